The van der Waals surface area contributed by atoms with E-state index >= 15 is 0 Å². The maximum absolute atomic E-state index is 11.0. The second-order valence-electron chi connectivity index (χ2n) is 1.55. The first-order valence-corrected chi connectivity index (χ1v) is 3.34. The topological polar surface area (TPSA) is 43.1 Å². The van der Waals surface area contributed by atoms with Gasteiger partial charge in [-0.1, -0.05) is 6.92 Å². The van der Waals surface area contributed by atoms with E-state index in [1.165, 1.54) is 0 Å². The van der Waals surface area contributed by atoms with Crippen LogP contribution >= 0.6 is 0 Å². The summed E-state index contributed by atoms with van der Waals surface area (Å²) < 4.78 is 33.0. The molecule has 0 spiro atoms. The van der Waals surface area contributed by atoms with Crippen LogP contribution in [-0.4, -0.2) is 17.8 Å². The van der Waals surface area contributed by atoms with Gasteiger partial charge in [-0.25, -0.2) is 0 Å². The van der Waals surface area contributed by atoms with Gasteiger partial charge in [0.15, 0.2) is 0 Å². The maximum Gasteiger partial charge on any atom is 1.00 e. The molecule has 0 radical (unpaired) electrons. The van der Waals surface area contributed by atoms with Crippen molar-refractivity contribution in [2.24, 2.45) is 5.73 Å². The summed E-state index contributed by atoms with van der Waals surface area (Å²) >= 11 is 4.39. The molecule has 1 amide bonds. The Morgan fingerprint density at radius 1 is 1.50 bits per heavy atom. The SMILES string of the molecule is CC[S-].NC(=O)CC(F)(F)F.[Na+]. The Bertz CT molecular complexity index is 120. The van der Waals surface area contributed by atoms with Gasteiger partial charge in [0, 0.05) is 0 Å². The van der Waals surface area contributed by atoms with E-state index < -0.39 is 18.5 Å². The molecule has 68 valence electrons. The van der Waals surface area contributed by atoms with E-state index in [4.69, 9.17) is 0 Å². The standard InChI is InChI=1S/C3H4F3NO.C2H6S.Na/c4-3(5,6)1-2(7)8;1-2-3;/h1H2,(H2,7,8);3H,2H2,1H3;/q;;+1/p-1. The van der Waals surface area contributed by atoms with E-state index in [1.54, 1.807) is 0 Å². The van der Waals surface area contributed by atoms with E-state index in [9.17, 15) is 18.0 Å². The van der Waals surface area contributed by atoms with Crippen molar-refractivity contribution < 1.29 is 47.5 Å². The first-order chi connectivity index (χ1) is 4.83. The Kier molecular flexibility index (Phi) is 14.9. The van der Waals surface area contributed by atoms with E-state index in [2.05, 4.69) is 18.4 Å². The van der Waals surface area contributed by atoms with Gasteiger partial charge in [0.2, 0.25) is 5.91 Å². The molecule has 0 aromatic heterocycles. The van der Waals surface area contributed by atoms with Crippen LogP contribution < -0.4 is 35.3 Å². The molecule has 0 unspecified atom stereocenters. The van der Waals surface area contributed by atoms with Crippen LogP contribution in [0.25, 0.3) is 0 Å². The minimum Gasteiger partial charge on any atom is -0.793 e. The van der Waals surface area contributed by atoms with Gasteiger partial charge in [-0.2, -0.15) is 18.9 Å². The fourth-order valence-corrected chi connectivity index (χ4v) is 0.198. The summed E-state index contributed by atoms with van der Waals surface area (Å²) in [6.07, 6.45) is -5.99. The minimum atomic E-state index is -4.45. The third kappa shape index (κ3) is 31.1. The van der Waals surface area contributed by atoms with Gasteiger partial charge in [0.25, 0.3) is 0 Å². The third-order valence-corrected chi connectivity index (χ3v) is 0.375. The Labute approximate surface area is 96.8 Å². The largest absolute Gasteiger partial charge is 1.00 e. The molecule has 7 heteroatoms. The van der Waals surface area contributed by atoms with Crippen molar-refractivity contribution in [1.29, 1.82) is 0 Å². The van der Waals surface area contributed by atoms with Crippen LogP contribution in [0.15, 0.2) is 0 Å². The number of hydrogen-bond donors (Lipinski definition) is 1. The van der Waals surface area contributed by atoms with Crippen molar-refractivity contribution in [3.63, 3.8) is 0 Å². The molecule has 0 aromatic carbocycles. The predicted molar refractivity (Wildman–Crippen MR) is 37.8 cm³/mol. The van der Waals surface area contributed by atoms with Crippen molar-refractivity contribution in [3.8, 4) is 0 Å². The minimum absolute atomic E-state index is 0. The molecule has 0 rings (SSSR count). The van der Waals surface area contributed by atoms with Gasteiger partial charge in [-0.15, -0.1) is 0 Å². The first kappa shape index (κ1) is 18.4. The van der Waals surface area contributed by atoms with Gasteiger partial charge < -0.3 is 18.4 Å². The van der Waals surface area contributed by atoms with E-state index in [-0.39, 0.29) is 29.6 Å². The van der Waals surface area contributed by atoms with Crippen LogP contribution in [0.3, 0.4) is 0 Å². The zero-order chi connectivity index (χ0) is 9.49. The second-order valence-corrected chi connectivity index (χ2v) is 2.12. The maximum atomic E-state index is 11.0. The smallest absolute Gasteiger partial charge is 0.793 e. The average Bonchev–Trinajstić information content (AvgIpc) is 1.57. The van der Waals surface area contributed by atoms with E-state index in [0.717, 1.165) is 5.75 Å². The average molecular weight is 211 g/mol. The summed E-state index contributed by atoms with van der Waals surface area (Å²) in [7, 11) is 0. The summed E-state index contributed by atoms with van der Waals surface area (Å²) in [5, 5.41) is 0. The van der Waals surface area contributed by atoms with Gasteiger partial charge in [0.05, 0.1) is 0 Å². The molecule has 0 aliphatic carbocycles. The number of rotatable bonds is 1. The van der Waals surface area contributed by atoms with Crippen molar-refractivity contribution in [3.05, 3.63) is 0 Å². The van der Waals surface area contributed by atoms with Crippen molar-refractivity contribution in [2.45, 2.75) is 19.5 Å². The third-order valence-electron chi connectivity index (χ3n) is 0.375. The van der Waals surface area contributed by atoms with Gasteiger partial charge in [-0.3, -0.25) is 4.79 Å². The number of amides is 1. The van der Waals surface area contributed by atoms with Crippen molar-refractivity contribution in [2.75, 3.05) is 5.75 Å². The monoisotopic (exact) mass is 211 g/mol. The molecule has 2 nitrogen and oxygen atoms in total. The van der Waals surface area contributed by atoms with E-state index in [0.29, 0.717) is 0 Å². The number of carbonyl (C=O) groups is 1. The molecule has 0 atom stereocenters. The molecule has 12 heavy (non-hydrogen) atoms. The molecule has 0 aliphatic heterocycles. The summed E-state index contributed by atoms with van der Waals surface area (Å²) in [6, 6.07) is 0. The van der Waals surface area contributed by atoms with Crippen LogP contribution in [0, 0.1) is 0 Å². The van der Waals surface area contributed by atoms with Crippen LogP contribution in [0.2, 0.25) is 0 Å². The fraction of sp³-hybridized carbons (Fsp3) is 0.800. The molecule has 2 N–H and O–H groups in total. The van der Waals surface area contributed by atoms with Gasteiger partial charge in [0.1, 0.15) is 6.42 Å². The first-order valence-electron chi connectivity index (χ1n) is 2.76. The number of nitrogens with two attached hydrogens (primary N) is 1. The quantitative estimate of drug-likeness (QED) is 0.402. The van der Waals surface area contributed by atoms with Crippen LogP contribution in [0.1, 0.15) is 13.3 Å². The zero-order valence-corrected chi connectivity index (χ0v) is 9.76. The molecule has 0 aliphatic rings. The van der Waals surface area contributed by atoms with Crippen molar-refractivity contribution >= 4 is 18.5 Å². The van der Waals surface area contributed by atoms with Gasteiger partial charge >= 0.3 is 35.7 Å². The molecule has 0 saturated carbocycles. The summed E-state index contributed by atoms with van der Waals surface area (Å²) in [6.45, 7) is 1.94. The Hall–Kier alpha value is 0.610. The van der Waals surface area contributed by atoms with Crippen LogP contribution in [-0.2, 0) is 17.4 Å². The molecule has 0 fully saturated rings. The van der Waals surface area contributed by atoms with E-state index in [1.807, 2.05) is 6.92 Å². The summed E-state index contributed by atoms with van der Waals surface area (Å²) in [4.78, 5) is 9.52. The Morgan fingerprint density at radius 3 is 1.75 bits per heavy atom. The predicted octanol–water partition coefficient (Wildman–Crippen LogP) is -2.02. The normalized spacial score (nSPS) is 9.08. The summed E-state index contributed by atoms with van der Waals surface area (Å²) in [5.74, 6) is -0.516. The molecule has 0 bridgehead atoms. The second kappa shape index (κ2) is 9.70. The number of hydrogen-bond acceptors (Lipinski definition) is 2. The van der Waals surface area contributed by atoms with Crippen LogP contribution in [0.4, 0.5) is 13.2 Å². The Balaban J connectivity index is -0.000000177. The number of carbonyl (C=O) groups excluding carboxylic acids is 1. The fourth-order valence-electron chi connectivity index (χ4n) is 0.198. The zero-order valence-electron chi connectivity index (χ0n) is 6.94. The summed E-state index contributed by atoms with van der Waals surface area (Å²) in [5.41, 5.74) is 4.22. The molecule has 0 saturated heterocycles. The molecule has 0 heterocycles. The molecular weight excluding hydrogens is 202 g/mol. The van der Waals surface area contributed by atoms with Gasteiger partial charge in [-0.05, 0) is 0 Å². The van der Waals surface area contributed by atoms with Crippen LogP contribution in [0.5, 0.6) is 0 Å². The number of alkyl halides is 3. The molecule has 0 aromatic rings. The Morgan fingerprint density at radius 2 is 1.75 bits per heavy atom. The van der Waals surface area contributed by atoms with Crippen molar-refractivity contribution in [1.82, 2.24) is 0 Å². The number of primary amides is 1. The number of halogens is 3. The molecular formula is C5H9F3NNaOS.